The maximum atomic E-state index is 11.9. The Kier molecular flexibility index (Phi) is 2.99. The van der Waals surface area contributed by atoms with Crippen molar-refractivity contribution < 1.29 is 13.9 Å². The molecular formula is C11H16N2O3S. The molecule has 94 valence electrons. The first-order valence-corrected chi connectivity index (χ1v) is 5.95. The van der Waals surface area contributed by atoms with Crippen molar-refractivity contribution in [1.29, 1.82) is 0 Å². The molecule has 1 aromatic heterocycles. The van der Waals surface area contributed by atoms with E-state index in [0.717, 1.165) is 11.5 Å². The highest BCUT2D eigenvalue weighted by atomic mass is 32.1. The number of rotatable bonds is 0. The maximum Gasteiger partial charge on any atom is 0.410 e. The molecule has 0 aromatic carbocycles. The Morgan fingerprint density at radius 3 is 2.88 bits per heavy atom. The molecule has 0 fully saturated rings. The van der Waals surface area contributed by atoms with Gasteiger partial charge in [0, 0.05) is 13.0 Å². The van der Waals surface area contributed by atoms with Gasteiger partial charge in [-0.1, -0.05) is 0 Å². The highest BCUT2D eigenvalue weighted by molar-refractivity contribution is 7.71. The van der Waals surface area contributed by atoms with Crippen molar-refractivity contribution in [3.8, 4) is 0 Å². The molecular weight excluding hydrogens is 240 g/mol. The molecule has 17 heavy (non-hydrogen) atoms. The third-order valence-electron chi connectivity index (χ3n) is 2.42. The number of H-pyrrole nitrogens is 1. The fourth-order valence-electron chi connectivity index (χ4n) is 1.70. The summed E-state index contributed by atoms with van der Waals surface area (Å²) in [4.78, 5) is 16.8. The zero-order valence-corrected chi connectivity index (χ0v) is 11.0. The summed E-state index contributed by atoms with van der Waals surface area (Å²) >= 11 is 4.92. The number of carbonyl (C=O) groups excluding carboxylic acids is 1. The normalized spacial score (nSPS) is 15.6. The van der Waals surface area contributed by atoms with Crippen molar-refractivity contribution in [3.05, 3.63) is 16.3 Å². The fraction of sp³-hybridized carbons (Fsp3) is 0.636. The van der Waals surface area contributed by atoms with E-state index in [2.05, 4.69) is 4.98 Å². The molecule has 1 aliphatic rings. The largest absolute Gasteiger partial charge is 0.444 e. The van der Waals surface area contributed by atoms with Crippen LogP contribution in [-0.4, -0.2) is 28.1 Å². The molecule has 0 radical (unpaired) electrons. The molecule has 5 nitrogen and oxygen atoms in total. The number of hydrogen-bond donors (Lipinski definition) is 1. The highest BCUT2D eigenvalue weighted by Gasteiger charge is 2.27. The second kappa shape index (κ2) is 4.18. The average Bonchev–Trinajstić information content (AvgIpc) is 2.53. The Balaban J connectivity index is 2.07. The van der Waals surface area contributed by atoms with Gasteiger partial charge in [-0.05, 0) is 33.0 Å². The maximum absolute atomic E-state index is 11.9. The first-order chi connectivity index (χ1) is 7.85. The van der Waals surface area contributed by atoms with Gasteiger partial charge < -0.3 is 19.0 Å². The van der Waals surface area contributed by atoms with Crippen LogP contribution in [0.25, 0.3) is 0 Å². The molecule has 0 saturated heterocycles. The lowest BCUT2D eigenvalue weighted by Gasteiger charge is -2.28. The highest BCUT2D eigenvalue weighted by Crippen LogP contribution is 2.20. The third-order valence-corrected chi connectivity index (χ3v) is 2.61. The summed E-state index contributed by atoms with van der Waals surface area (Å²) in [5.74, 6) is 0.729. The predicted molar refractivity (Wildman–Crippen MR) is 64.2 cm³/mol. The lowest BCUT2D eigenvalue weighted by Crippen LogP contribution is -2.39. The number of fused-ring (bicyclic) bond motifs is 1. The van der Waals surface area contributed by atoms with Crippen molar-refractivity contribution >= 4 is 18.3 Å². The molecule has 1 amide bonds. The second-order valence-electron chi connectivity index (χ2n) is 5.07. The summed E-state index contributed by atoms with van der Waals surface area (Å²) in [6, 6.07) is 0. The molecule has 1 aliphatic heterocycles. The van der Waals surface area contributed by atoms with Crippen LogP contribution in [0.4, 0.5) is 4.79 Å². The number of aromatic nitrogens is 1. The first-order valence-electron chi connectivity index (χ1n) is 5.54. The topological polar surface area (TPSA) is 58.5 Å². The van der Waals surface area contributed by atoms with Crippen molar-refractivity contribution in [1.82, 2.24) is 9.88 Å². The van der Waals surface area contributed by atoms with E-state index in [-0.39, 0.29) is 6.09 Å². The number of nitrogens with one attached hydrogen (secondary N) is 1. The lowest BCUT2D eigenvalue weighted by atomic mass is 10.1. The predicted octanol–water partition coefficient (Wildman–Crippen LogP) is 2.63. The Bertz CT molecular complexity index is 484. The molecule has 2 rings (SSSR count). The van der Waals surface area contributed by atoms with Crippen LogP contribution in [0.5, 0.6) is 0 Å². The molecule has 6 heteroatoms. The van der Waals surface area contributed by atoms with Gasteiger partial charge in [-0.15, -0.1) is 0 Å². The summed E-state index contributed by atoms with van der Waals surface area (Å²) in [5, 5.41) is 0. The van der Waals surface area contributed by atoms with Gasteiger partial charge in [-0.2, -0.15) is 0 Å². The summed E-state index contributed by atoms with van der Waals surface area (Å²) in [6.45, 7) is 6.58. The molecule has 0 saturated carbocycles. The third kappa shape index (κ3) is 2.88. The smallest absolute Gasteiger partial charge is 0.410 e. The van der Waals surface area contributed by atoms with E-state index in [4.69, 9.17) is 21.4 Å². The van der Waals surface area contributed by atoms with Gasteiger partial charge in [0.25, 0.3) is 4.84 Å². The van der Waals surface area contributed by atoms with E-state index >= 15 is 0 Å². The Labute approximate surface area is 105 Å². The molecule has 1 aromatic rings. The lowest BCUT2D eigenvalue weighted by molar-refractivity contribution is 0.0208. The summed E-state index contributed by atoms with van der Waals surface area (Å²) in [6.07, 6.45) is 0.403. The van der Waals surface area contributed by atoms with Crippen LogP contribution in [0.15, 0.2) is 4.42 Å². The molecule has 2 heterocycles. The summed E-state index contributed by atoms with van der Waals surface area (Å²) in [7, 11) is 0. The van der Waals surface area contributed by atoms with Crippen LogP contribution in [0, 0.1) is 4.84 Å². The number of carbonyl (C=O) groups is 1. The molecule has 0 aliphatic carbocycles. The Hall–Kier alpha value is -1.30. The number of amides is 1. The second-order valence-corrected chi connectivity index (χ2v) is 5.44. The standard InChI is InChI=1S/C11H16N2O3S/c1-11(2,3)16-10(14)13-5-4-7-8(6-13)15-9(17)12-7/h4-6H2,1-3H3,(H,12,17). The molecule has 1 N–H and O–H groups in total. The van der Waals surface area contributed by atoms with E-state index in [1.54, 1.807) is 4.90 Å². The van der Waals surface area contributed by atoms with Crippen LogP contribution in [0.1, 0.15) is 32.2 Å². The fourth-order valence-corrected chi connectivity index (χ4v) is 1.93. The van der Waals surface area contributed by atoms with Crippen LogP contribution < -0.4 is 0 Å². The van der Waals surface area contributed by atoms with E-state index < -0.39 is 5.60 Å². The minimum Gasteiger partial charge on any atom is -0.444 e. The van der Waals surface area contributed by atoms with E-state index in [1.807, 2.05) is 20.8 Å². The summed E-state index contributed by atoms with van der Waals surface area (Å²) in [5.41, 5.74) is 0.505. The van der Waals surface area contributed by atoms with E-state index in [0.29, 0.717) is 24.3 Å². The monoisotopic (exact) mass is 256 g/mol. The van der Waals surface area contributed by atoms with Gasteiger partial charge in [0.2, 0.25) is 0 Å². The Morgan fingerprint density at radius 1 is 1.53 bits per heavy atom. The molecule has 0 unspecified atom stereocenters. The molecule has 0 spiro atoms. The molecule has 0 bridgehead atoms. The van der Waals surface area contributed by atoms with Crippen LogP contribution in [0.2, 0.25) is 0 Å². The van der Waals surface area contributed by atoms with Gasteiger partial charge in [0.15, 0.2) is 0 Å². The Morgan fingerprint density at radius 2 is 2.24 bits per heavy atom. The number of ether oxygens (including phenoxy) is 1. The number of hydrogen-bond acceptors (Lipinski definition) is 4. The minimum atomic E-state index is -0.476. The minimum absolute atomic E-state index is 0.314. The average molecular weight is 256 g/mol. The van der Waals surface area contributed by atoms with Gasteiger partial charge in [-0.25, -0.2) is 4.79 Å². The SMILES string of the molecule is CC(C)(C)OC(=O)N1CCc2[nH]c(=S)oc2C1. The first kappa shape index (κ1) is 12.2. The number of aromatic amines is 1. The van der Waals surface area contributed by atoms with Crippen LogP contribution >= 0.6 is 12.2 Å². The van der Waals surface area contributed by atoms with Crippen LogP contribution in [0.3, 0.4) is 0 Å². The van der Waals surface area contributed by atoms with Gasteiger partial charge >= 0.3 is 6.09 Å². The van der Waals surface area contributed by atoms with Gasteiger partial charge in [0.1, 0.15) is 11.4 Å². The van der Waals surface area contributed by atoms with Crippen molar-refractivity contribution in [3.63, 3.8) is 0 Å². The van der Waals surface area contributed by atoms with Crippen molar-refractivity contribution in [2.75, 3.05) is 6.54 Å². The van der Waals surface area contributed by atoms with E-state index in [1.165, 1.54) is 0 Å². The van der Waals surface area contributed by atoms with Gasteiger partial charge in [0.05, 0.1) is 12.2 Å². The number of oxazole rings is 1. The molecule has 0 atom stereocenters. The van der Waals surface area contributed by atoms with E-state index in [9.17, 15) is 4.79 Å². The zero-order chi connectivity index (χ0) is 12.6. The van der Waals surface area contributed by atoms with Gasteiger partial charge in [-0.3, -0.25) is 0 Å². The van der Waals surface area contributed by atoms with Crippen molar-refractivity contribution in [2.45, 2.75) is 39.3 Å². The van der Waals surface area contributed by atoms with Crippen LogP contribution in [-0.2, 0) is 17.7 Å². The number of nitrogens with zero attached hydrogens (tertiary/aromatic N) is 1. The summed E-state index contributed by atoms with van der Waals surface area (Å²) < 4.78 is 10.6. The van der Waals surface area contributed by atoms with Crippen molar-refractivity contribution in [2.24, 2.45) is 0 Å². The zero-order valence-electron chi connectivity index (χ0n) is 10.2. The quantitative estimate of drug-likeness (QED) is 0.725.